The van der Waals surface area contributed by atoms with Crippen molar-refractivity contribution in [2.75, 3.05) is 7.11 Å². The van der Waals surface area contributed by atoms with E-state index < -0.39 is 17.7 Å². The number of carbonyl (C=O) groups is 1. The molecule has 2 aromatic rings. The number of ether oxygens (including phenoxy) is 1. The van der Waals surface area contributed by atoms with Crippen molar-refractivity contribution >= 4 is 17.6 Å². The number of carboxylic acids is 1. The molecule has 1 unspecified atom stereocenters. The molecule has 21 heavy (non-hydrogen) atoms. The van der Waals surface area contributed by atoms with Gasteiger partial charge in [0.2, 0.25) is 0 Å². The van der Waals surface area contributed by atoms with Crippen LogP contribution in [0.3, 0.4) is 0 Å². The molecule has 0 aliphatic heterocycles. The number of benzene rings is 2. The number of hydrogen-bond acceptors (Lipinski definition) is 2. The largest absolute Gasteiger partial charge is 0.496 e. The van der Waals surface area contributed by atoms with Crippen LogP contribution in [0.15, 0.2) is 42.5 Å². The van der Waals surface area contributed by atoms with Crippen molar-refractivity contribution in [3.63, 3.8) is 0 Å². The molecule has 0 aliphatic rings. The molecule has 0 saturated carbocycles. The average molecular weight is 309 g/mol. The summed E-state index contributed by atoms with van der Waals surface area (Å²) in [5.74, 6) is -2.05. The van der Waals surface area contributed by atoms with Gasteiger partial charge in [0.25, 0.3) is 0 Å². The zero-order valence-electron chi connectivity index (χ0n) is 11.3. The van der Waals surface area contributed by atoms with Crippen LogP contribution in [0, 0.1) is 5.82 Å². The summed E-state index contributed by atoms with van der Waals surface area (Å²) in [6, 6.07) is 11.1. The van der Waals surface area contributed by atoms with Gasteiger partial charge in [-0.3, -0.25) is 4.79 Å². The fourth-order valence-electron chi connectivity index (χ4n) is 2.22. The molecule has 0 heterocycles. The van der Waals surface area contributed by atoms with Crippen molar-refractivity contribution in [3.8, 4) is 5.75 Å². The zero-order valence-corrected chi connectivity index (χ0v) is 12.1. The Balaban J connectivity index is 2.43. The number of hydrogen-bond donors (Lipinski definition) is 1. The maximum atomic E-state index is 13.9. The molecule has 110 valence electrons. The quantitative estimate of drug-likeness (QED) is 0.911. The van der Waals surface area contributed by atoms with Crippen LogP contribution in [0.4, 0.5) is 4.39 Å². The van der Waals surface area contributed by atoms with Crippen LogP contribution in [0.25, 0.3) is 0 Å². The molecule has 0 bridgehead atoms. The average Bonchev–Trinajstić information content (AvgIpc) is 2.46. The van der Waals surface area contributed by atoms with Crippen molar-refractivity contribution < 1.29 is 19.0 Å². The third-order valence-corrected chi connectivity index (χ3v) is 3.64. The first kappa shape index (κ1) is 15.3. The number of carboxylic acid groups (broad SMARTS) is 1. The van der Waals surface area contributed by atoms with Gasteiger partial charge in [0.05, 0.1) is 13.0 Å². The van der Waals surface area contributed by atoms with Crippen LogP contribution in [-0.2, 0) is 11.2 Å². The molecule has 0 radical (unpaired) electrons. The minimum atomic E-state index is -1.06. The SMILES string of the molecule is COc1ccccc1C(Cc1c(F)cccc1Cl)C(=O)O. The molecule has 0 aliphatic carbocycles. The van der Waals surface area contributed by atoms with E-state index >= 15 is 0 Å². The van der Waals surface area contributed by atoms with Gasteiger partial charge in [0.1, 0.15) is 11.6 Å². The molecule has 3 nitrogen and oxygen atoms in total. The lowest BCUT2D eigenvalue weighted by atomic mass is 9.91. The summed E-state index contributed by atoms with van der Waals surface area (Å²) in [7, 11) is 1.47. The second kappa shape index (κ2) is 6.59. The maximum Gasteiger partial charge on any atom is 0.311 e. The van der Waals surface area contributed by atoms with Crippen LogP contribution in [0.1, 0.15) is 17.0 Å². The van der Waals surface area contributed by atoms with Crippen LogP contribution in [0.5, 0.6) is 5.75 Å². The first-order chi connectivity index (χ1) is 10.0. The van der Waals surface area contributed by atoms with Crippen molar-refractivity contribution in [1.29, 1.82) is 0 Å². The van der Waals surface area contributed by atoms with Crippen LogP contribution in [-0.4, -0.2) is 18.2 Å². The smallest absolute Gasteiger partial charge is 0.311 e. The van der Waals surface area contributed by atoms with E-state index in [4.69, 9.17) is 16.3 Å². The second-order valence-corrected chi connectivity index (χ2v) is 4.94. The molecule has 0 fully saturated rings. The second-order valence-electron chi connectivity index (χ2n) is 4.54. The lowest BCUT2D eigenvalue weighted by molar-refractivity contribution is -0.138. The summed E-state index contributed by atoms with van der Waals surface area (Å²) in [5, 5.41) is 9.69. The molecule has 2 aromatic carbocycles. The Bertz CT molecular complexity index is 637. The van der Waals surface area contributed by atoms with Gasteiger partial charge in [-0.05, 0) is 24.6 Å². The Morgan fingerprint density at radius 2 is 2.00 bits per heavy atom. The van der Waals surface area contributed by atoms with E-state index in [-0.39, 0.29) is 17.0 Å². The highest BCUT2D eigenvalue weighted by atomic mass is 35.5. The van der Waals surface area contributed by atoms with Gasteiger partial charge >= 0.3 is 5.97 Å². The highest BCUT2D eigenvalue weighted by Gasteiger charge is 2.25. The van der Waals surface area contributed by atoms with Gasteiger partial charge in [-0.15, -0.1) is 0 Å². The van der Waals surface area contributed by atoms with Crippen LogP contribution < -0.4 is 4.74 Å². The number of rotatable bonds is 5. The monoisotopic (exact) mass is 308 g/mol. The first-order valence-corrected chi connectivity index (χ1v) is 6.71. The fourth-order valence-corrected chi connectivity index (χ4v) is 2.46. The van der Waals surface area contributed by atoms with Crippen molar-refractivity contribution in [2.45, 2.75) is 12.3 Å². The standard InChI is InChI=1S/C16H14ClFO3/c1-21-15-8-3-2-5-10(15)11(16(19)20)9-12-13(17)6-4-7-14(12)18/h2-8,11H,9H2,1H3,(H,19,20). The molecular weight excluding hydrogens is 295 g/mol. The minimum Gasteiger partial charge on any atom is -0.496 e. The minimum absolute atomic E-state index is 0.0405. The van der Waals surface area contributed by atoms with Gasteiger partial charge in [0, 0.05) is 16.1 Å². The molecule has 2 rings (SSSR count). The summed E-state index contributed by atoms with van der Waals surface area (Å²) in [5.41, 5.74) is 0.685. The van der Waals surface area contributed by atoms with E-state index in [0.717, 1.165) is 0 Å². The molecule has 1 atom stereocenters. The number of aliphatic carboxylic acids is 1. The normalized spacial score (nSPS) is 12.0. The van der Waals surface area contributed by atoms with E-state index in [1.807, 2.05) is 0 Å². The summed E-state index contributed by atoms with van der Waals surface area (Å²) in [4.78, 5) is 11.6. The third-order valence-electron chi connectivity index (χ3n) is 3.28. The predicted octanol–water partition coefficient (Wildman–Crippen LogP) is 3.90. The number of methoxy groups -OCH3 is 1. The van der Waals surface area contributed by atoms with Gasteiger partial charge in [-0.25, -0.2) is 4.39 Å². The van der Waals surface area contributed by atoms with Gasteiger partial charge < -0.3 is 9.84 Å². The van der Waals surface area contributed by atoms with E-state index in [2.05, 4.69) is 0 Å². The molecule has 5 heteroatoms. The van der Waals surface area contributed by atoms with Crippen LogP contribution >= 0.6 is 11.6 Å². The van der Waals surface area contributed by atoms with E-state index in [1.54, 1.807) is 30.3 Å². The van der Waals surface area contributed by atoms with Crippen molar-refractivity contribution in [1.82, 2.24) is 0 Å². The predicted molar refractivity (Wildman–Crippen MR) is 78.5 cm³/mol. The van der Waals surface area contributed by atoms with E-state index in [1.165, 1.54) is 19.2 Å². The van der Waals surface area contributed by atoms with Gasteiger partial charge in [-0.1, -0.05) is 35.9 Å². The molecule has 0 spiro atoms. The summed E-state index contributed by atoms with van der Waals surface area (Å²) in [6.45, 7) is 0. The Hall–Kier alpha value is -2.07. The highest BCUT2D eigenvalue weighted by Crippen LogP contribution is 2.32. The molecule has 0 amide bonds. The summed E-state index contributed by atoms with van der Waals surface area (Å²) >= 11 is 5.98. The Morgan fingerprint density at radius 1 is 1.29 bits per heavy atom. The van der Waals surface area contributed by atoms with E-state index in [9.17, 15) is 14.3 Å². The molecule has 1 N–H and O–H groups in total. The number of halogens is 2. The van der Waals surface area contributed by atoms with Crippen molar-refractivity contribution in [3.05, 3.63) is 64.4 Å². The topological polar surface area (TPSA) is 46.5 Å². The molecule has 0 saturated heterocycles. The van der Waals surface area contributed by atoms with Gasteiger partial charge in [0.15, 0.2) is 0 Å². The zero-order chi connectivity index (χ0) is 15.4. The molecule has 0 aromatic heterocycles. The summed E-state index contributed by atoms with van der Waals surface area (Å²) < 4.78 is 19.0. The third kappa shape index (κ3) is 3.34. The lowest BCUT2D eigenvalue weighted by Crippen LogP contribution is -2.16. The lowest BCUT2D eigenvalue weighted by Gasteiger charge is -2.17. The fraction of sp³-hybridized carbons (Fsp3) is 0.188. The Labute approximate surface area is 126 Å². The van der Waals surface area contributed by atoms with Crippen molar-refractivity contribution in [2.24, 2.45) is 0 Å². The Morgan fingerprint density at radius 3 is 2.62 bits per heavy atom. The number of para-hydroxylation sites is 1. The van der Waals surface area contributed by atoms with Gasteiger partial charge in [-0.2, -0.15) is 0 Å². The van der Waals surface area contributed by atoms with Crippen LogP contribution in [0.2, 0.25) is 5.02 Å². The summed E-state index contributed by atoms with van der Waals surface area (Å²) in [6.07, 6.45) is -0.0405. The first-order valence-electron chi connectivity index (χ1n) is 6.33. The molecular formula is C16H14ClFO3. The van der Waals surface area contributed by atoms with E-state index in [0.29, 0.717) is 11.3 Å². The highest BCUT2D eigenvalue weighted by molar-refractivity contribution is 6.31. The Kier molecular flexibility index (Phi) is 4.81. The maximum absolute atomic E-state index is 13.9.